The number of rotatable bonds is 5. The van der Waals surface area contributed by atoms with Gasteiger partial charge < -0.3 is 14.6 Å². The van der Waals surface area contributed by atoms with Crippen LogP contribution < -0.4 is 21.3 Å². The van der Waals surface area contributed by atoms with Crippen LogP contribution in [0.3, 0.4) is 0 Å². The quantitative estimate of drug-likeness (QED) is 0.797. The summed E-state index contributed by atoms with van der Waals surface area (Å²) in [5.74, 6) is -0.830. The molecule has 144 valence electrons. The largest absolute Gasteiger partial charge is 0.482 e. The second-order valence-corrected chi connectivity index (χ2v) is 5.56. The Labute approximate surface area is 151 Å². The van der Waals surface area contributed by atoms with Crippen molar-refractivity contribution in [2.45, 2.75) is 6.18 Å². The van der Waals surface area contributed by atoms with Crippen LogP contribution in [-0.4, -0.2) is 27.8 Å². The highest BCUT2D eigenvalue weighted by atomic mass is 19.4. The number of benzene rings is 1. The molecule has 0 saturated carbocycles. The predicted octanol–water partition coefficient (Wildman–Crippen LogP) is 1.68. The Balaban J connectivity index is 2.16. The Kier molecular flexibility index (Phi) is 5.88. The van der Waals surface area contributed by atoms with E-state index in [0.29, 0.717) is 0 Å². The number of hydrogen-bond donors (Lipinski definition) is 1. The lowest BCUT2D eigenvalue weighted by Crippen LogP contribution is -2.37. The molecule has 1 heterocycles. The Bertz CT molecular complexity index is 990. The summed E-state index contributed by atoms with van der Waals surface area (Å²) in [5.41, 5.74) is -0.963. The van der Waals surface area contributed by atoms with E-state index in [1.807, 2.05) is 0 Å². The van der Waals surface area contributed by atoms with E-state index >= 15 is 0 Å². The highest BCUT2D eigenvalue weighted by molar-refractivity contribution is 6.02. The van der Waals surface area contributed by atoms with Gasteiger partial charge in [-0.05, 0) is 18.2 Å². The van der Waals surface area contributed by atoms with Gasteiger partial charge in [-0.2, -0.15) is 13.2 Å². The fourth-order valence-electron chi connectivity index (χ4n) is 2.15. The van der Waals surface area contributed by atoms with Crippen molar-refractivity contribution in [2.75, 3.05) is 11.9 Å². The number of carbonyl (C=O) groups excluding carboxylic acids is 1. The molecule has 0 aliphatic rings. The van der Waals surface area contributed by atoms with Crippen LogP contribution in [0.15, 0.2) is 46.1 Å². The first-order chi connectivity index (χ1) is 12.6. The van der Waals surface area contributed by atoms with Gasteiger partial charge in [-0.1, -0.05) is 12.1 Å². The molecule has 0 fully saturated rings. The van der Waals surface area contributed by atoms with E-state index in [2.05, 4.69) is 10.1 Å². The highest BCUT2D eigenvalue weighted by Crippen LogP contribution is 2.26. The zero-order valence-corrected chi connectivity index (χ0v) is 14.4. The van der Waals surface area contributed by atoms with Gasteiger partial charge in [0, 0.05) is 26.4 Å². The molecular formula is C17H16F3N3O4. The van der Waals surface area contributed by atoms with Gasteiger partial charge in [0.2, 0.25) is 5.91 Å². The molecule has 1 N–H and O–H groups in total. The summed E-state index contributed by atoms with van der Waals surface area (Å²) in [5, 5.41) is 2.38. The van der Waals surface area contributed by atoms with Gasteiger partial charge in [-0.25, -0.2) is 4.79 Å². The normalized spacial score (nSPS) is 11.6. The van der Waals surface area contributed by atoms with Crippen LogP contribution in [0.2, 0.25) is 0 Å². The predicted molar refractivity (Wildman–Crippen MR) is 92.6 cm³/mol. The number of halogens is 3. The number of amides is 1. The van der Waals surface area contributed by atoms with E-state index in [-0.39, 0.29) is 17.0 Å². The second-order valence-electron chi connectivity index (χ2n) is 5.56. The standard InChI is InChI=1S/C17H16F3N3O4/c1-22-9-11(15(25)23(2)16(22)26)7-8-14(24)21-12-5-3-4-6-13(12)27-10-17(18,19)20/h3-9H,10H2,1-2H3,(H,21,24)/b8-7+. The van der Waals surface area contributed by atoms with Crippen LogP contribution in [0.1, 0.15) is 5.56 Å². The van der Waals surface area contributed by atoms with E-state index in [1.54, 1.807) is 0 Å². The van der Waals surface area contributed by atoms with Gasteiger partial charge >= 0.3 is 11.9 Å². The summed E-state index contributed by atoms with van der Waals surface area (Å²) in [7, 11) is 2.75. The summed E-state index contributed by atoms with van der Waals surface area (Å²) in [6.07, 6.45) is -1.01. The van der Waals surface area contributed by atoms with Crippen molar-refractivity contribution in [2.24, 2.45) is 14.1 Å². The first kappa shape index (κ1) is 20.0. The fourth-order valence-corrected chi connectivity index (χ4v) is 2.15. The maximum Gasteiger partial charge on any atom is 0.422 e. The average molecular weight is 383 g/mol. The highest BCUT2D eigenvalue weighted by Gasteiger charge is 2.28. The van der Waals surface area contributed by atoms with Gasteiger partial charge in [0.1, 0.15) is 5.75 Å². The number of anilines is 1. The zero-order chi connectivity index (χ0) is 20.2. The maximum absolute atomic E-state index is 12.3. The Morgan fingerprint density at radius 3 is 2.56 bits per heavy atom. The van der Waals surface area contributed by atoms with Gasteiger partial charge in [0.05, 0.1) is 11.3 Å². The number of para-hydroxylation sites is 2. The summed E-state index contributed by atoms with van der Waals surface area (Å²) < 4.78 is 43.6. The molecule has 0 unspecified atom stereocenters. The summed E-state index contributed by atoms with van der Waals surface area (Å²) >= 11 is 0. The molecule has 0 spiro atoms. The first-order valence-corrected chi connectivity index (χ1v) is 7.63. The van der Waals surface area contributed by atoms with Gasteiger partial charge in [-0.3, -0.25) is 14.2 Å². The number of hydrogen-bond acceptors (Lipinski definition) is 4. The molecule has 2 rings (SSSR count). The topological polar surface area (TPSA) is 82.3 Å². The summed E-state index contributed by atoms with van der Waals surface area (Å²) in [6.45, 7) is -1.50. The SMILES string of the molecule is Cn1cc(/C=C/C(=O)Nc2ccccc2OCC(F)(F)F)c(=O)n(C)c1=O. The number of nitrogens with zero attached hydrogens (tertiary/aromatic N) is 2. The first-order valence-electron chi connectivity index (χ1n) is 7.63. The minimum absolute atomic E-state index is 0.0461. The molecule has 0 saturated heterocycles. The van der Waals surface area contributed by atoms with Crippen LogP contribution in [0.5, 0.6) is 5.75 Å². The molecule has 10 heteroatoms. The minimum Gasteiger partial charge on any atom is -0.482 e. The van der Waals surface area contributed by atoms with E-state index in [0.717, 1.165) is 10.6 Å². The third-order valence-electron chi connectivity index (χ3n) is 3.42. The number of ether oxygens (including phenoxy) is 1. The van der Waals surface area contributed by atoms with Gasteiger partial charge in [-0.15, -0.1) is 0 Å². The third kappa shape index (κ3) is 5.33. The maximum atomic E-state index is 12.3. The molecular weight excluding hydrogens is 367 g/mol. The van der Waals surface area contributed by atoms with Crippen molar-refractivity contribution < 1.29 is 22.7 Å². The van der Waals surface area contributed by atoms with Gasteiger partial charge in [0.25, 0.3) is 5.56 Å². The Hall–Kier alpha value is -3.30. The molecule has 1 aromatic heterocycles. The molecule has 0 radical (unpaired) electrons. The minimum atomic E-state index is -4.51. The lowest BCUT2D eigenvalue weighted by Gasteiger charge is -2.13. The van der Waals surface area contributed by atoms with Crippen LogP contribution >= 0.6 is 0 Å². The smallest absolute Gasteiger partial charge is 0.422 e. The molecule has 27 heavy (non-hydrogen) atoms. The number of aromatic nitrogens is 2. The van der Waals surface area contributed by atoms with Gasteiger partial charge in [0.15, 0.2) is 6.61 Å². The third-order valence-corrected chi connectivity index (χ3v) is 3.42. The lowest BCUT2D eigenvalue weighted by atomic mass is 10.2. The van der Waals surface area contributed by atoms with Crippen molar-refractivity contribution in [1.82, 2.24) is 9.13 Å². The Morgan fingerprint density at radius 2 is 1.89 bits per heavy atom. The molecule has 7 nitrogen and oxygen atoms in total. The number of alkyl halides is 3. The molecule has 0 atom stereocenters. The van der Waals surface area contributed by atoms with Crippen LogP contribution in [0, 0.1) is 0 Å². The number of carbonyl (C=O) groups is 1. The molecule has 0 aliphatic carbocycles. The van der Waals surface area contributed by atoms with Crippen molar-refractivity contribution in [1.29, 1.82) is 0 Å². The monoisotopic (exact) mass is 383 g/mol. The second kappa shape index (κ2) is 7.94. The molecule has 0 aliphatic heterocycles. The molecule has 1 aromatic carbocycles. The van der Waals surface area contributed by atoms with Crippen molar-refractivity contribution in [3.05, 3.63) is 62.9 Å². The average Bonchev–Trinajstić information content (AvgIpc) is 2.60. The van der Waals surface area contributed by atoms with Crippen molar-refractivity contribution in [3.8, 4) is 5.75 Å². The fraction of sp³-hybridized carbons (Fsp3) is 0.235. The number of aryl methyl sites for hydroxylation is 1. The Morgan fingerprint density at radius 1 is 1.22 bits per heavy atom. The molecule has 1 amide bonds. The van der Waals surface area contributed by atoms with E-state index in [9.17, 15) is 27.6 Å². The molecule has 2 aromatic rings. The zero-order valence-electron chi connectivity index (χ0n) is 14.4. The van der Waals surface area contributed by atoms with E-state index < -0.39 is 29.9 Å². The van der Waals surface area contributed by atoms with Crippen LogP contribution in [0.4, 0.5) is 18.9 Å². The van der Waals surface area contributed by atoms with E-state index in [1.165, 1.54) is 55.2 Å². The van der Waals surface area contributed by atoms with Crippen LogP contribution in [0.25, 0.3) is 6.08 Å². The molecule has 0 bridgehead atoms. The lowest BCUT2D eigenvalue weighted by molar-refractivity contribution is -0.153. The van der Waals surface area contributed by atoms with Crippen LogP contribution in [-0.2, 0) is 18.9 Å². The summed E-state index contributed by atoms with van der Waals surface area (Å²) in [6, 6.07) is 5.64. The number of nitrogens with one attached hydrogen (secondary N) is 1. The van der Waals surface area contributed by atoms with Crippen molar-refractivity contribution >= 4 is 17.7 Å². The summed E-state index contributed by atoms with van der Waals surface area (Å²) in [4.78, 5) is 35.6. The van der Waals surface area contributed by atoms with E-state index in [4.69, 9.17) is 0 Å². The van der Waals surface area contributed by atoms with Crippen molar-refractivity contribution in [3.63, 3.8) is 0 Å².